The summed E-state index contributed by atoms with van der Waals surface area (Å²) in [4.78, 5) is 0.0594. The van der Waals surface area contributed by atoms with Gasteiger partial charge >= 0.3 is 0 Å². The highest BCUT2D eigenvalue weighted by molar-refractivity contribution is 8.02. The molecule has 2 rings (SSSR count). The molecule has 1 aliphatic rings. The Morgan fingerprint density at radius 3 is 2.77 bits per heavy atom. The van der Waals surface area contributed by atoms with Crippen molar-refractivity contribution in [2.75, 3.05) is 5.32 Å². The zero-order valence-electron chi connectivity index (χ0n) is 6.87. The van der Waals surface area contributed by atoms with Gasteiger partial charge in [0.05, 0.1) is 5.69 Å². The number of nitrogens with one attached hydrogen (secondary N) is 2. The summed E-state index contributed by atoms with van der Waals surface area (Å²) in [6.07, 6.45) is 0. The van der Waals surface area contributed by atoms with Gasteiger partial charge in [0.1, 0.15) is 5.84 Å². The zero-order chi connectivity index (χ0) is 9.47. The predicted molar refractivity (Wildman–Crippen MR) is 54.8 cm³/mol. The lowest BCUT2D eigenvalue weighted by molar-refractivity contribution is 0.909. The van der Waals surface area contributed by atoms with E-state index in [1.807, 2.05) is 24.3 Å². The maximum absolute atomic E-state index is 7.33. The Morgan fingerprint density at radius 1 is 1.46 bits per heavy atom. The molecule has 0 spiro atoms. The molecule has 0 saturated carbocycles. The van der Waals surface area contributed by atoms with Gasteiger partial charge < -0.3 is 11.1 Å². The first kappa shape index (κ1) is 8.40. The van der Waals surface area contributed by atoms with Gasteiger partial charge in [0.15, 0.2) is 4.99 Å². The molecule has 0 fully saturated rings. The summed E-state index contributed by atoms with van der Waals surface area (Å²) in [7, 11) is 0. The van der Waals surface area contributed by atoms with Crippen LogP contribution in [0.3, 0.4) is 0 Å². The molecule has 0 radical (unpaired) electrons. The zero-order valence-corrected chi connectivity index (χ0v) is 7.69. The Balaban J connectivity index is 2.37. The van der Waals surface area contributed by atoms with Crippen LogP contribution in [0.4, 0.5) is 5.69 Å². The number of hydrogen-bond acceptors (Lipinski definition) is 4. The monoisotopic (exact) mass is 194 g/mol. The van der Waals surface area contributed by atoms with Crippen LogP contribution in [-0.2, 0) is 0 Å². The second-order valence-corrected chi connectivity index (χ2v) is 4.16. The molecular weight excluding hydrogens is 184 g/mol. The lowest BCUT2D eigenvalue weighted by Gasteiger charge is -2.21. The molecule has 13 heavy (non-hydrogen) atoms. The molecule has 1 aliphatic heterocycles. The van der Waals surface area contributed by atoms with E-state index in [1.165, 1.54) is 11.8 Å². The minimum Gasteiger partial charge on any atom is -0.384 e. The highest BCUT2D eigenvalue weighted by atomic mass is 32.2. The van der Waals surface area contributed by atoms with Gasteiger partial charge in [0.25, 0.3) is 0 Å². The van der Waals surface area contributed by atoms with Crippen LogP contribution in [0, 0.1) is 5.41 Å². The Labute approximate surface area is 80.2 Å². The molecule has 1 atom stereocenters. The Kier molecular flexibility index (Phi) is 1.71. The van der Waals surface area contributed by atoms with Crippen molar-refractivity contribution in [2.45, 2.75) is 9.89 Å². The Bertz CT molecular complexity index is 338. The van der Waals surface area contributed by atoms with Crippen molar-refractivity contribution in [2.24, 2.45) is 11.5 Å². The van der Waals surface area contributed by atoms with Gasteiger partial charge in [-0.1, -0.05) is 23.9 Å². The summed E-state index contributed by atoms with van der Waals surface area (Å²) >= 11 is 1.36. The molecule has 68 valence electrons. The molecule has 6 N–H and O–H groups in total. The van der Waals surface area contributed by atoms with Crippen molar-refractivity contribution >= 4 is 23.3 Å². The van der Waals surface area contributed by atoms with Gasteiger partial charge in [0, 0.05) is 4.90 Å². The number of thioether (sulfide) groups is 1. The van der Waals surface area contributed by atoms with Gasteiger partial charge in [-0.3, -0.25) is 11.1 Å². The molecule has 0 amide bonds. The predicted octanol–water partition coefficient (Wildman–Crippen LogP) is 0.753. The first-order chi connectivity index (χ1) is 6.12. The van der Waals surface area contributed by atoms with Crippen LogP contribution >= 0.6 is 11.8 Å². The van der Waals surface area contributed by atoms with E-state index in [-0.39, 0.29) is 5.84 Å². The van der Waals surface area contributed by atoms with E-state index in [0.29, 0.717) is 0 Å². The van der Waals surface area contributed by atoms with E-state index in [2.05, 4.69) is 5.32 Å². The average Bonchev–Trinajstić information content (AvgIpc) is 2.42. The lowest BCUT2D eigenvalue weighted by Crippen LogP contribution is -2.52. The topological polar surface area (TPSA) is 87.9 Å². The van der Waals surface area contributed by atoms with E-state index < -0.39 is 4.99 Å². The standard InChI is InChI=1S/C8H10N4S/c9-7(10)8(11)12-5-3-1-2-4-6(5)13-8/h1-4,12H,11H2,(H3,9,10). The number of benzene rings is 1. The molecule has 1 unspecified atom stereocenters. The maximum atomic E-state index is 7.33. The average molecular weight is 194 g/mol. The highest BCUT2D eigenvalue weighted by Crippen LogP contribution is 2.41. The number of rotatable bonds is 1. The summed E-state index contributed by atoms with van der Waals surface area (Å²) in [5.74, 6) is -0.0614. The molecule has 1 heterocycles. The van der Waals surface area contributed by atoms with Gasteiger partial charge in [0.2, 0.25) is 0 Å². The van der Waals surface area contributed by atoms with Crippen molar-refractivity contribution in [3.8, 4) is 0 Å². The second kappa shape index (κ2) is 2.65. The third kappa shape index (κ3) is 1.26. The third-order valence-electron chi connectivity index (χ3n) is 1.88. The number of fused-ring (bicyclic) bond motifs is 1. The summed E-state index contributed by atoms with van der Waals surface area (Å²) in [5, 5.41) is 10.3. The number of hydrogen-bond donors (Lipinski definition) is 4. The largest absolute Gasteiger partial charge is 0.384 e. The van der Waals surface area contributed by atoms with Crippen LogP contribution in [0.25, 0.3) is 0 Å². The lowest BCUT2D eigenvalue weighted by atomic mass is 10.3. The summed E-state index contributed by atoms with van der Waals surface area (Å²) in [6, 6.07) is 7.71. The van der Waals surface area contributed by atoms with Crippen molar-refractivity contribution in [1.29, 1.82) is 5.41 Å². The number of amidine groups is 1. The Morgan fingerprint density at radius 2 is 2.15 bits per heavy atom. The van der Waals surface area contributed by atoms with Crippen molar-refractivity contribution in [3.05, 3.63) is 24.3 Å². The SMILES string of the molecule is N=C(N)C1(N)Nc2ccccc2S1. The molecule has 4 nitrogen and oxygen atoms in total. The molecule has 1 aromatic carbocycles. The maximum Gasteiger partial charge on any atom is 0.197 e. The van der Waals surface area contributed by atoms with Crippen LogP contribution < -0.4 is 16.8 Å². The molecule has 5 heteroatoms. The molecule has 0 bridgehead atoms. The smallest absolute Gasteiger partial charge is 0.197 e. The van der Waals surface area contributed by atoms with Crippen molar-refractivity contribution in [3.63, 3.8) is 0 Å². The van der Waals surface area contributed by atoms with E-state index in [1.54, 1.807) is 0 Å². The summed E-state index contributed by atoms with van der Waals surface area (Å²) < 4.78 is 0. The third-order valence-corrected chi connectivity index (χ3v) is 3.10. The normalized spacial score (nSPS) is 25.0. The summed E-state index contributed by atoms with van der Waals surface area (Å²) in [5.41, 5.74) is 12.2. The fraction of sp³-hybridized carbons (Fsp3) is 0.125. The number of anilines is 1. The fourth-order valence-corrected chi connectivity index (χ4v) is 2.17. The second-order valence-electron chi connectivity index (χ2n) is 2.87. The van der Waals surface area contributed by atoms with Gasteiger partial charge in [-0.25, -0.2) is 0 Å². The first-order valence-corrected chi connectivity index (χ1v) is 4.63. The van der Waals surface area contributed by atoms with Crippen LogP contribution in [0.2, 0.25) is 0 Å². The Hall–Kier alpha value is -1.20. The minimum absolute atomic E-state index is 0.0614. The molecular formula is C8H10N4S. The first-order valence-electron chi connectivity index (χ1n) is 3.81. The highest BCUT2D eigenvalue weighted by Gasteiger charge is 2.36. The molecule has 1 aromatic rings. The van der Waals surface area contributed by atoms with Gasteiger partial charge in [-0.05, 0) is 12.1 Å². The van der Waals surface area contributed by atoms with Gasteiger partial charge in [-0.15, -0.1) is 0 Å². The van der Waals surface area contributed by atoms with Crippen LogP contribution in [0.1, 0.15) is 0 Å². The fourth-order valence-electron chi connectivity index (χ4n) is 1.18. The van der Waals surface area contributed by atoms with Crippen molar-refractivity contribution in [1.82, 2.24) is 0 Å². The van der Waals surface area contributed by atoms with Crippen LogP contribution in [0.5, 0.6) is 0 Å². The minimum atomic E-state index is -0.969. The van der Waals surface area contributed by atoms with Crippen LogP contribution in [0.15, 0.2) is 29.2 Å². The van der Waals surface area contributed by atoms with E-state index in [9.17, 15) is 0 Å². The molecule has 0 saturated heterocycles. The van der Waals surface area contributed by atoms with Gasteiger partial charge in [-0.2, -0.15) is 0 Å². The molecule has 0 aromatic heterocycles. The molecule has 0 aliphatic carbocycles. The number of para-hydroxylation sites is 1. The quantitative estimate of drug-likeness (QED) is 0.392. The van der Waals surface area contributed by atoms with Crippen LogP contribution in [-0.4, -0.2) is 10.8 Å². The van der Waals surface area contributed by atoms with E-state index >= 15 is 0 Å². The number of nitrogens with two attached hydrogens (primary N) is 2. The van der Waals surface area contributed by atoms with E-state index in [4.69, 9.17) is 16.9 Å². The van der Waals surface area contributed by atoms with E-state index in [0.717, 1.165) is 10.6 Å². The summed E-state index contributed by atoms with van der Waals surface area (Å²) in [6.45, 7) is 0. The van der Waals surface area contributed by atoms with Crippen molar-refractivity contribution < 1.29 is 0 Å².